The molecule has 2 aromatic carbocycles. The van der Waals surface area contributed by atoms with Gasteiger partial charge >= 0.3 is 6.01 Å². The SMILES string of the molecule is CC(C)c1ccc(-c2nnc(NC(=O)c3cccc(N4CCCC4=O)c3)o2)cc1. The van der Waals surface area contributed by atoms with Crippen molar-refractivity contribution < 1.29 is 14.0 Å². The largest absolute Gasteiger partial charge is 0.403 e. The monoisotopic (exact) mass is 390 g/mol. The number of amides is 2. The summed E-state index contributed by atoms with van der Waals surface area (Å²) >= 11 is 0. The lowest BCUT2D eigenvalue weighted by molar-refractivity contribution is -0.117. The third kappa shape index (κ3) is 4.03. The van der Waals surface area contributed by atoms with E-state index in [4.69, 9.17) is 4.42 Å². The van der Waals surface area contributed by atoms with Crippen LogP contribution in [0, 0.1) is 0 Å². The standard InChI is InChI=1S/C22H22N4O3/c1-14(2)15-8-10-16(11-9-15)21-24-25-22(29-21)23-20(28)17-5-3-6-18(13-17)26-12-4-7-19(26)27/h3,5-6,8-11,13-14H,4,7,12H2,1-2H3,(H,23,25,28). The third-order valence-corrected chi connectivity index (χ3v) is 4.96. The number of carbonyl (C=O) groups excluding carboxylic acids is 2. The molecule has 148 valence electrons. The van der Waals surface area contributed by atoms with Crippen LogP contribution in [0.25, 0.3) is 11.5 Å². The van der Waals surface area contributed by atoms with Gasteiger partial charge < -0.3 is 9.32 Å². The Bertz CT molecular complexity index is 1040. The Labute approximate surface area is 168 Å². The number of hydrogen-bond donors (Lipinski definition) is 1. The van der Waals surface area contributed by atoms with E-state index < -0.39 is 0 Å². The fourth-order valence-corrected chi connectivity index (χ4v) is 3.31. The van der Waals surface area contributed by atoms with Crippen molar-refractivity contribution in [3.8, 4) is 11.5 Å². The molecule has 1 aromatic heterocycles. The Kier molecular flexibility index (Phi) is 5.12. The highest BCUT2D eigenvalue weighted by molar-refractivity contribution is 6.04. The molecule has 3 aromatic rings. The summed E-state index contributed by atoms with van der Waals surface area (Å²) in [5.41, 5.74) is 3.15. The first-order chi connectivity index (χ1) is 14.0. The van der Waals surface area contributed by atoms with Crippen LogP contribution in [0.1, 0.15) is 48.5 Å². The second-order valence-corrected chi connectivity index (χ2v) is 7.34. The Hall–Kier alpha value is -3.48. The molecule has 1 saturated heterocycles. The van der Waals surface area contributed by atoms with Crippen LogP contribution < -0.4 is 10.2 Å². The maximum Gasteiger partial charge on any atom is 0.322 e. The van der Waals surface area contributed by atoms with Crippen LogP contribution in [0.2, 0.25) is 0 Å². The first-order valence-electron chi connectivity index (χ1n) is 9.67. The van der Waals surface area contributed by atoms with Crippen molar-refractivity contribution in [2.24, 2.45) is 0 Å². The van der Waals surface area contributed by atoms with Gasteiger partial charge in [-0.2, -0.15) is 0 Å². The molecule has 2 heterocycles. The lowest BCUT2D eigenvalue weighted by Crippen LogP contribution is -2.24. The number of benzene rings is 2. The zero-order chi connectivity index (χ0) is 20.4. The summed E-state index contributed by atoms with van der Waals surface area (Å²) in [6, 6.07) is 14.9. The molecule has 0 radical (unpaired) electrons. The van der Waals surface area contributed by atoms with Crippen molar-refractivity contribution in [1.29, 1.82) is 0 Å². The van der Waals surface area contributed by atoms with Gasteiger partial charge in [-0.1, -0.05) is 37.1 Å². The van der Waals surface area contributed by atoms with E-state index in [-0.39, 0.29) is 17.8 Å². The van der Waals surface area contributed by atoms with Gasteiger partial charge in [0.15, 0.2) is 0 Å². The normalized spacial score (nSPS) is 13.9. The first kappa shape index (κ1) is 18.9. The summed E-state index contributed by atoms with van der Waals surface area (Å²) < 4.78 is 5.59. The number of aromatic nitrogens is 2. The van der Waals surface area contributed by atoms with Crippen molar-refractivity contribution in [2.45, 2.75) is 32.6 Å². The quantitative estimate of drug-likeness (QED) is 0.704. The van der Waals surface area contributed by atoms with Gasteiger partial charge in [0.2, 0.25) is 11.8 Å². The number of rotatable bonds is 5. The number of carbonyl (C=O) groups is 2. The molecule has 0 atom stereocenters. The molecular weight excluding hydrogens is 368 g/mol. The van der Waals surface area contributed by atoms with Crippen LogP contribution in [0.3, 0.4) is 0 Å². The lowest BCUT2D eigenvalue weighted by atomic mass is 10.0. The van der Waals surface area contributed by atoms with Crippen molar-refractivity contribution in [1.82, 2.24) is 10.2 Å². The predicted molar refractivity (Wildman–Crippen MR) is 110 cm³/mol. The minimum atomic E-state index is -0.371. The molecule has 0 unspecified atom stereocenters. The Morgan fingerprint density at radius 1 is 1.14 bits per heavy atom. The Morgan fingerprint density at radius 2 is 1.93 bits per heavy atom. The van der Waals surface area contributed by atoms with E-state index >= 15 is 0 Å². The molecular formula is C22H22N4O3. The summed E-state index contributed by atoms with van der Waals surface area (Å²) in [4.78, 5) is 26.2. The van der Waals surface area contributed by atoms with Crippen LogP contribution in [-0.2, 0) is 4.79 Å². The van der Waals surface area contributed by atoms with Crippen LogP contribution in [0.4, 0.5) is 11.7 Å². The molecule has 1 N–H and O–H groups in total. The Balaban J connectivity index is 1.47. The van der Waals surface area contributed by atoms with Crippen molar-refractivity contribution in [2.75, 3.05) is 16.8 Å². The van der Waals surface area contributed by atoms with Gasteiger partial charge in [0, 0.05) is 29.8 Å². The molecule has 7 nitrogen and oxygen atoms in total. The predicted octanol–water partition coefficient (Wildman–Crippen LogP) is 4.24. The van der Waals surface area contributed by atoms with Gasteiger partial charge in [-0.05, 0) is 48.2 Å². The number of hydrogen-bond acceptors (Lipinski definition) is 5. The highest BCUT2D eigenvalue weighted by Gasteiger charge is 2.22. The number of anilines is 2. The summed E-state index contributed by atoms with van der Waals surface area (Å²) in [6.07, 6.45) is 1.37. The molecule has 29 heavy (non-hydrogen) atoms. The van der Waals surface area contributed by atoms with Crippen LogP contribution in [0.15, 0.2) is 52.9 Å². The first-order valence-corrected chi connectivity index (χ1v) is 9.67. The van der Waals surface area contributed by atoms with Gasteiger partial charge in [-0.25, -0.2) is 0 Å². The molecule has 1 aliphatic heterocycles. The van der Waals surface area contributed by atoms with Crippen LogP contribution in [0.5, 0.6) is 0 Å². The third-order valence-electron chi connectivity index (χ3n) is 4.96. The lowest BCUT2D eigenvalue weighted by Gasteiger charge is -2.16. The van der Waals surface area contributed by atoms with Gasteiger partial charge in [0.05, 0.1) is 0 Å². The zero-order valence-electron chi connectivity index (χ0n) is 16.4. The second kappa shape index (κ2) is 7.87. The number of nitrogens with one attached hydrogen (secondary N) is 1. The van der Waals surface area contributed by atoms with Crippen LogP contribution >= 0.6 is 0 Å². The highest BCUT2D eigenvalue weighted by Crippen LogP contribution is 2.24. The maximum atomic E-state index is 12.6. The second-order valence-electron chi connectivity index (χ2n) is 7.34. The summed E-state index contributed by atoms with van der Waals surface area (Å²) in [5.74, 6) is 0.483. The van der Waals surface area contributed by atoms with E-state index in [9.17, 15) is 9.59 Å². The van der Waals surface area contributed by atoms with Crippen molar-refractivity contribution in [3.05, 3.63) is 59.7 Å². The van der Waals surface area contributed by atoms with E-state index in [0.717, 1.165) is 17.7 Å². The van der Waals surface area contributed by atoms with Gasteiger partial charge in [-0.3, -0.25) is 14.9 Å². The molecule has 1 fully saturated rings. The van der Waals surface area contributed by atoms with Gasteiger partial charge in [0.1, 0.15) is 0 Å². The van der Waals surface area contributed by atoms with Gasteiger partial charge in [0.25, 0.3) is 5.91 Å². The smallest absolute Gasteiger partial charge is 0.322 e. The number of nitrogens with zero attached hydrogens (tertiary/aromatic N) is 3. The topological polar surface area (TPSA) is 88.3 Å². The van der Waals surface area contributed by atoms with E-state index in [0.29, 0.717) is 30.3 Å². The molecule has 0 spiro atoms. The summed E-state index contributed by atoms with van der Waals surface area (Å²) in [6.45, 7) is 4.93. The highest BCUT2D eigenvalue weighted by atomic mass is 16.4. The van der Waals surface area contributed by atoms with Crippen LogP contribution in [-0.4, -0.2) is 28.6 Å². The van der Waals surface area contributed by atoms with Crippen molar-refractivity contribution in [3.63, 3.8) is 0 Å². The molecule has 1 aliphatic rings. The molecule has 2 amide bonds. The minimum absolute atomic E-state index is 0.0283. The molecule has 0 bridgehead atoms. The Morgan fingerprint density at radius 3 is 2.62 bits per heavy atom. The average molecular weight is 390 g/mol. The summed E-state index contributed by atoms with van der Waals surface area (Å²) in [5, 5.41) is 10.6. The molecule has 4 rings (SSSR count). The molecule has 0 aliphatic carbocycles. The minimum Gasteiger partial charge on any atom is -0.403 e. The van der Waals surface area contributed by atoms with E-state index in [2.05, 4.69) is 29.4 Å². The van der Waals surface area contributed by atoms with E-state index in [1.54, 1.807) is 23.1 Å². The molecule has 0 saturated carbocycles. The summed E-state index contributed by atoms with van der Waals surface area (Å²) in [7, 11) is 0. The van der Waals surface area contributed by atoms with E-state index in [1.807, 2.05) is 30.3 Å². The molecule has 7 heteroatoms. The fraction of sp³-hybridized carbons (Fsp3) is 0.273. The zero-order valence-corrected chi connectivity index (χ0v) is 16.4. The van der Waals surface area contributed by atoms with E-state index in [1.165, 1.54) is 5.56 Å². The van der Waals surface area contributed by atoms with Gasteiger partial charge in [-0.15, -0.1) is 5.10 Å². The average Bonchev–Trinajstić information content (AvgIpc) is 3.37. The fourth-order valence-electron chi connectivity index (χ4n) is 3.31. The van der Waals surface area contributed by atoms with Crippen molar-refractivity contribution >= 4 is 23.5 Å². The maximum absolute atomic E-state index is 12.6.